The van der Waals surface area contributed by atoms with E-state index in [4.69, 9.17) is 16.3 Å². The number of imidazole rings is 1. The van der Waals surface area contributed by atoms with Gasteiger partial charge in [0.2, 0.25) is 0 Å². The van der Waals surface area contributed by atoms with Gasteiger partial charge in [-0.2, -0.15) is 0 Å². The quantitative estimate of drug-likeness (QED) is 0.879. The fourth-order valence-corrected chi connectivity index (χ4v) is 2.10. The van der Waals surface area contributed by atoms with Crippen molar-refractivity contribution in [3.05, 3.63) is 17.2 Å². The highest BCUT2D eigenvalue weighted by Gasteiger charge is 2.27. The van der Waals surface area contributed by atoms with Gasteiger partial charge >= 0.3 is 0 Å². The van der Waals surface area contributed by atoms with E-state index < -0.39 is 0 Å². The molecule has 0 saturated carbocycles. The molecule has 1 aliphatic heterocycles. The minimum Gasteiger partial charge on any atom is -0.380 e. The highest BCUT2D eigenvalue weighted by molar-refractivity contribution is 6.29. The molecule has 0 aliphatic carbocycles. The maximum atomic E-state index is 5.93. The first kappa shape index (κ1) is 11.9. The highest BCUT2D eigenvalue weighted by Crippen LogP contribution is 2.19. The molecule has 4 nitrogen and oxygen atoms in total. The molecule has 2 rings (SSSR count). The van der Waals surface area contributed by atoms with Crippen LogP contribution in [0.4, 0.5) is 0 Å². The molecule has 1 aromatic rings. The van der Waals surface area contributed by atoms with Gasteiger partial charge in [0, 0.05) is 19.2 Å². The minimum atomic E-state index is 0.0661. The maximum absolute atomic E-state index is 5.93. The number of nitrogens with zero attached hydrogens (tertiary/aromatic N) is 2. The monoisotopic (exact) mass is 243 g/mol. The third kappa shape index (κ3) is 2.56. The number of nitrogens with one attached hydrogen (secondary N) is 1. The molecule has 90 valence electrons. The zero-order valence-corrected chi connectivity index (χ0v) is 10.5. The van der Waals surface area contributed by atoms with Crippen molar-refractivity contribution >= 4 is 11.6 Å². The van der Waals surface area contributed by atoms with E-state index in [-0.39, 0.29) is 5.54 Å². The number of hydrogen-bond acceptors (Lipinski definition) is 3. The van der Waals surface area contributed by atoms with Gasteiger partial charge in [-0.05, 0) is 19.8 Å². The lowest BCUT2D eigenvalue weighted by Gasteiger charge is -2.34. The first-order chi connectivity index (χ1) is 7.61. The number of halogens is 1. The van der Waals surface area contributed by atoms with E-state index in [0.717, 1.165) is 38.4 Å². The smallest absolute Gasteiger partial charge is 0.128 e. The molecule has 1 atom stereocenters. The molecule has 1 aliphatic rings. The van der Waals surface area contributed by atoms with Crippen molar-refractivity contribution in [2.24, 2.45) is 7.05 Å². The summed E-state index contributed by atoms with van der Waals surface area (Å²) in [4.78, 5) is 4.26. The van der Waals surface area contributed by atoms with Gasteiger partial charge in [0.05, 0.1) is 19.3 Å². The molecule has 1 N–H and O–H groups in total. The van der Waals surface area contributed by atoms with E-state index >= 15 is 0 Å². The fourth-order valence-electron chi connectivity index (χ4n) is 1.95. The van der Waals surface area contributed by atoms with Crippen LogP contribution in [-0.2, 0) is 18.3 Å². The average molecular weight is 244 g/mol. The van der Waals surface area contributed by atoms with Gasteiger partial charge in [-0.15, -0.1) is 0 Å². The lowest BCUT2D eigenvalue weighted by atomic mass is 9.95. The van der Waals surface area contributed by atoms with Crippen molar-refractivity contribution in [2.45, 2.75) is 31.8 Å². The van der Waals surface area contributed by atoms with Crippen molar-refractivity contribution in [1.82, 2.24) is 14.9 Å². The molecule has 0 amide bonds. The minimum absolute atomic E-state index is 0.0661. The average Bonchev–Trinajstić information content (AvgIpc) is 2.58. The predicted octanol–water partition coefficient (Wildman–Crippen LogP) is 1.73. The fraction of sp³-hybridized carbons (Fsp3) is 0.727. The van der Waals surface area contributed by atoms with Crippen LogP contribution in [0.1, 0.15) is 25.6 Å². The summed E-state index contributed by atoms with van der Waals surface area (Å²) in [7, 11) is 1.92. The molecule has 0 radical (unpaired) electrons. The molecular formula is C11H18ClN3O. The molecule has 1 aromatic heterocycles. The number of aromatic nitrogens is 2. The normalized spacial score (nSPS) is 25.9. The molecule has 5 heteroatoms. The summed E-state index contributed by atoms with van der Waals surface area (Å²) >= 11 is 5.93. The lowest BCUT2D eigenvalue weighted by molar-refractivity contribution is 0.0274. The van der Waals surface area contributed by atoms with Crippen LogP contribution in [0.25, 0.3) is 0 Å². The van der Waals surface area contributed by atoms with E-state index in [1.54, 1.807) is 6.20 Å². The van der Waals surface area contributed by atoms with Crippen LogP contribution in [-0.4, -0.2) is 28.3 Å². The van der Waals surface area contributed by atoms with Crippen LogP contribution in [0.5, 0.6) is 0 Å². The van der Waals surface area contributed by atoms with Crippen LogP contribution in [0, 0.1) is 0 Å². The van der Waals surface area contributed by atoms with Gasteiger partial charge in [-0.1, -0.05) is 11.6 Å². The summed E-state index contributed by atoms with van der Waals surface area (Å²) in [5, 5.41) is 4.17. The summed E-state index contributed by atoms with van der Waals surface area (Å²) in [6.45, 7) is 4.57. The van der Waals surface area contributed by atoms with Crippen molar-refractivity contribution < 1.29 is 4.74 Å². The van der Waals surface area contributed by atoms with Gasteiger partial charge < -0.3 is 14.6 Å². The SMILES string of the molecule is Cn1c(Cl)cnc1CNC1(C)CCCOC1. The van der Waals surface area contributed by atoms with E-state index in [9.17, 15) is 0 Å². The third-order valence-corrected chi connectivity index (χ3v) is 3.49. The van der Waals surface area contributed by atoms with Gasteiger partial charge in [-0.3, -0.25) is 0 Å². The summed E-state index contributed by atoms with van der Waals surface area (Å²) < 4.78 is 7.38. The lowest BCUT2D eigenvalue weighted by Crippen LogP contribution is -2.48. The topological polar surface area (TPSA) is 39.1 Å². The largest absolute Gasteiger partial charge is 0.380 e. The van der Waals surface area contributed by atoms with Crippen molar-refractivity contribution in [2.75, 3.05) is 13.2 Å². The van der Waals surface area contributed by atoms with Gasteiger partial charge in [0.1, 0.15) is 11.0 Å². The van der Waals surface area contributed by atoms with Crippen LogP contribution in [0.2, 0.25) is 5.15 Å². The van der Waals surface area contributed by atoms with Gasteiger partial charge in [0.25, 0.3) is 0 Å². The standard InChI is InChI=1S/C11H18ClN3O/c1-11(4-3-5-16-8-11)14-7-10-13-6-9(12)15(10)2/h6,14H,3-5,7-8H2,1-2H3. The van der Waals surface area contributed by atoms with E-state index in [1.807, 2.05) is 11.6 Å². The Hall–Kier alpha value is -0.580. The van der Waals surface area contributed by atoms with Crippen molar-refractivity contribution in [3.63, 3.8) is 0 Å². The Morgan fingerprint density at radius 2 is 2.50 bits per heavy atom. The Morgan fingerprint density at radius 1 is 1.69 bits per heavy atom. The van der Waals surface area contributed by atoms with Crippen LogP contribution < -0.4 is 5.32 Å². The van der Waals surface area contributed by atoms with Crippen molar-refractivity contribution in [1.29, 1.82) is 0 Å². The molecule has 16 heavy (non-hydrogen) atoms. The summed E-state index contributed by atoms with van der Waals surface area (Å²) in [6.07, 6.45) is 3.94. The van der Waals surface area contributed by atoms with Crippen LogP contribution in [0.15, 0.2) is 6.20 Å². The first-order valence-corrected chi connectivity index (χ1v) is 5.97. The second-order valence-electron chi connectivity index (χ2n) is 4.63. The van der Waals surface area contributed by atoms with E-state index in [0.29, 0.717) is 5.15 Å². The first-order valence-electron chi connectivity index (χ1n) is 5.60. The van der Waals surface area contributed by atoms with Crippen LogP contribution >= 0.6 is 11.6 Å². The number of ether oxygens (including phenoxy) is 1. The third-order valence-electron chi connectivity index (χ3n) is 3.14. The molecule has 0 spiro atoms. The van der Waals surface area contributed by atoms with Gasteiger partial charge in [0.15, 0.2) is 0 Å². The summed E-state index contributed by atoms with van der Waals surface area (Å²) in [5.74, 6) is 0.955. The second-order valence-corrected chi connectivity index (χ2v) is 5.01. The molecule has 1 unspecified atom stereocenters. The summed E-state index contributed by atoms with van der Waals surface area (Å²) in [6, 6.07) is 0. The Balaban J connectivity index is 1.93. The predicted molar refractivity (Wildman–Crippen MR) is 63.5 cm³/mol. The molecule has 0 bridgehead atoms. The number of rotatable bonds is 3. The molecule has 1 fully saturated rings. The molecule has 1 saturated heterocycles. The van der Waals surface area contributed by atoms with Gasteiger partial charge in [-0.25, -0.2) is 4.98 Å². The molecule has 2 heterocycles. The number of hydrogen-bond donors (Lipinski definition) is 1. The van der Waals surface area contributed by atoms with E-state index in [1.165, 1.54) is 0 Å². The van der Waals surface area contributed by atoms with Crippen molar-refractivity contribution in [3.8, 4) is 0 Å². The molecular weight excluding hydrogens is 226 g/mol. The maximum Gasteiger partial charge on any atom is 0.128 e. The highest BCUT2D eigenvalue weighted by atomic mass is 35.5. The van der Waals surface area contributed by atoms with Crippen LogP contribution in [0.3, 0.4) is 0 Å². The Labute approximate surface area is 101 Å². The molecule has 0 aromatic carbocycles. The second kappa shape index (κ2) is 4.73. The Kier molecular flexibility index (Phi) is 3.52. The Bertz CT molecular complexity index is 358. The zero-order valence-electron chi connectivity index (χ0n) is 9.79. The summed E-state index contributed by atoms with van der Waals surface area (Å²) in [5.41, 5.74) is 0.0661. The Morgan fingerprint density at radius 3 is 3.06 bits per heavy atom. The van der Waals surface area contributed by atoms with E-state index in [2.05, 4.69) is 17.2 Å². The zero-order chi connectivity index (χ0) is 11.6.